The molecule has 4 heteroatoms. The van der Waals surface area contributed by atoms with Crippen LogP contribution in [0.25, 0.3) is 0 Å². The van der Waals surface area contributed by atoms with Gasteiger partial charge in [-0.2, -0.15) is 0 Å². The van der Waals surface area contributed by atoms with Crippen molar-refractivity contribution in [2.45, 2.75) is 25.2 Å². The van der Waals surface area contributed by atoms with Crippen LogP contribution >= 0.6 is 0 Å². The van der Waals surface area contributed by atoms with Gasteiger partial charge in [0.15, 0.2) is 9.84 Å². The summed E-state index contributed by atoms with van der Waals surface area (Å²) in [4.78, 5) is 0.412. The van der Waals surface area contributed by atoms with Gasteiger partial charge in [0.1, 0.15) is 0 Å². The third-order valence-corrected chi connectivity index (χ3v) is 4.11. The highest BCUT2D eigenvalue weighted by molar-refractivity contribution is 7.91. The highest BCUT2D eigenvalue weighted by atomic mass is 32.2. The van der Waals surface area contributed by atoms with Gasteiger partial charge >= 0.3 is 0 Å². The number of rotatable bonds is 6. The number of sulfone groups is 1. The Kier molecular flexibility index (Phi) is 4.96. The molecular weight excluding hydrogens is 224 g/mol. The SMILES string of the molecule is CCCOCCS(=O)(=O)c1ccccc1C. The lowest BCUT2D eigenvalue weighted by atomic mass is 10.2. The van der Waals surface area contributed by atoms with Crippen LogP contribution in [0.3, 0.4) is 0 Å². The van der Waals surface area contributed by atoms with Crippen LogP contribution < -0.4 is 0 Å². The normalized spacial score (nSPS) is 11.6. The smallest absolute Gasteiger partial charge is 0.180 e. The van der Waals surface area contributed by atoms with Crippen molar-refractivity contribution < 1.29 is 13.2 Å². The predicted octanol–water partition coefficient (Wildman–Crippen LogP) is 2.20. The van der Waals surface area contributed by atoms with E-state index < -0.39 is 9.84 Å². The zero-order chi connectivity index (χ0) is 12.0. The van der Waals surface area contributed by atoms with Crippen LogP contribution in [0, 0.1) is 6.92 Å². The van der Waals surface area contributed by atoms with E-state index in [4.69, 9.17) is 4.74 Å². The van der Waals surface area contributed by atoms with Crippen LogP contribution in [0.1, 0.15) is 18.9 Å². The van der Waals surface area contributed by atoms with E-state index in [1.807, 2.05) is 13.0 Å². The molecule has 0 aliphatic heterocycles. The van der Waals surface area contributed by atoms with Crippen molar-refractivity contribution in [3.63, 3.8) is 0 Å². The second-order valence-electron chi connectivity index (χ2n) is 3.70. The molecule has 16 heavy (non-hydrogen) atoms. The molecule has 0 fully saturated rings. The maximum Gasteiger partial charge on any atom is 0.180 e. The van der Waals surface area contributed by atoms with Gasteiger partial charge in [-0.15, -0.1) is 0 Å². The van der Waals surface area contributed by atoms with Gasteiger partial charge in [0.2, 0.25) is 0 Å². The maximum absolute atomic E-state index is 11.9. The Labute approximate surface area is 97.4 Å². The van der Waals surface area contributed by atoms with E-state index in [-0.39, 0.29) is 12.4 Å². The Bertz CT molecular complexity index is 424. The first kappa shape index (κ1) is 13.2. The molecule has 0 unspecified atom stereocenters. The second kappa shape index (κ2) is 6.01. The quantitative estimate of drug-likeness (QED) is 0.718. The van der Waals surface area contributed by atoms with E-state index in [1.165, 1.54) is 0 Å². The van der Waals surface area contributed by atoms with Crippen molar-refractivity contribution in [3.8, 4) is 0 Å². The Morgan fingerprint density at radius 1 is 1.19 bits per heavy atom. The maximum atomic E-state index is 11.9. The molecule has 90 valence electrons. The molecule has 0 saturated carbocycles. The topological polar surface area (TPSA) is 43.4 Å². The van der Waals surface area contributed by atoms with Crippen molar-refractivity contribution in [3.05, 3.63) is 29.8 Å². The van der Waals surface area contributed by atoms with Crippen molar-refractivity contribution in [1.29, 1.82) is 0 Å². The van der Waals surface area contributed by atoms with E-state index in [1.54, 1.807) is 25.1 Å². The molecule has 0 aromatic heterocycles. The molecule has 0 heterocycles. The Hall–Kier alpha value is -0.870. The Morgan fingerprint density at radius 2 is 1.88 bits per heavy atom. The van der Waals surface area contributed by atoms with Gasteiger partial charge in [0, 0.05) is 6.61 Å². The minimum Gasteiger partial charge on any atom is -0.380 e. The number of ether oxygens (including phenoxy) is 1. The summed E-state index contributed by atoms with van der Waals surface area (Å²) in [5.41, 5.74) is 0.790. The first-order valence-electron chi connectivity index (χ1n) is 5.44. The van der Waals surface area contributed by atoms with E-state index >= 15 is 0 Å². The zero-order valence-corrected chi connectivity index (χ0v) is 10.6. The van der Waals surface area contributed by atoms with Crippen molar-refractivity contribution >= 4 is 9.84 Å². The third kappa shape index (κ3) is 3.61. The lowest BCUT2D eigenvalue weighted by Gasteiger charge is -2.07. The van der Waals surface area contributed by atoms with E-state index in [2.05, 4.69) is 0 Å². The summed E-state index contributed by atoms with van der Waals surface area (Å²) in [6.45, 7) is 4.68. The number of hydrogen-bond acceptors (Lipinski definition) is 3. The van der Waals surface area contributed by atoms with Crippen molar-refractivity contribution in [1.82, 2.24) is 0 Å². The molecule has 0 saturated heterocycles. The van der Waals surface area contributed by atoms with E-state index in [0.29, 0.717) is 11.5 Å². The average Bonchev–Trinajstić information content (AvgIpc) is 2.25. The molecule has 0 atom stereocenters. The van der Waals surface area contributed by atoms with E-state index in [0.717, 1.165) is 12.0 Å². The van der Waals surface area contributed by atoms with Gasteiger partial charge in [-0.05, 0) is 25.0 Å². The van der Waals surface area contributed by atoms with Crippen molar-refractivity contribution in [2.75, 3.05) is 19.0 Å². The zero-order valence-electron chi connectivity index (χ0n) is 9.77. The fourth-order valence-corrected chi connectivity index (χ4v) is 2.83. The van der Waals surface area contributed by atoms with Crippen LogP contribution in [-0.4, -0.2) is 27.4 Å². The molecule has 3 nitrogen and oxygen atoms in total. The molecule has 0 aliphatic rings. The van der Waals surface area contributed by atoms with E-state index in [9.17, 15) is 8.42 Å². The molecule has 0 bridgehead atoms. The number of benzene rings is 1. The molecule has 1 aromatic rings. The second-order valence-corrected chi connectivity index (χ2v) is 5.77. The highest BCUT2D eigenvalue weighted by Gasteiger charge is 2.15. The average molecular weight is 242 g/mol. The molecule has 0 aliphatic carbocycles. The van der Waals surface area contributed by atoms with Crippen LogP contribution in [0.4, 0.5) is 0 Å². The summed E-state index contributed by atoms with van der Waals surface area (Å²) in [6.07, 6.45) is 0.907. The van der Waals surface area contributed by atoms with Gasteiger partial charge in [-0.3, -0.25) is 0 Å². The molecule has 0 spiro atoms. The minimum absolute atomic E-state index is 0.0534. The first-order valence-corrected chi connectivity index (χ1v) is 7.09. The number of hydrogen-bond donors (Lipinski definition) is 0. The summed E-state index contributed by atoms with van der Waals surface area (Å²) < 4.78 is 29.1. The molecule has 0 radical (unpaired) electrons. The van der Waals surface area contributed by atoms with Gasteiger partial charge in [0.25, 0.3) is 0 Å². The van der Waals surface area contributed by atoms with Crippen LogP contribution in [0.15, 0.2) is 29.2 Å². The van der Waals surface area contributed by atoms with Gasteiger partial charge in [-0.25, -0.2) is 8.42 Å². The minimum atomic E-state index is -3.20. The largest absolute Gasteiger partial charge is 0.380 e. The Morgan fingerprint density at radius 3 is 2.50 bits per heavy atom. The molecule has 0 N–H and O–H groups in total. The lowest BCUT2D eigenvalue weighted by molar-refractivity contribution is 0.149. The third-order valence-electron chi connectivity index (χ3n) is 2.27. The summed E-state index contributed by atoms with van der Waals surface area (Å²) in [7, 11) is -3.20. The molecular formula is C12H18O3S. The summed E-state index contributed by atoms with van der Waals surface area (Å²) in [5.74, 6) is 0.0534. The highest BCUT2D eigenvalue weighted by Crippen LogP contribution is 2.15. The first-order chi connectivity index (χ1) is 7.58. The van der Waals surface area contributed by atoms with Gasteiger partial charge < -0.3 is 4.74 Å². The molecule has 0 amide bonds. The fraction of sp³-hybridized carbons (Fsp3) is 0.500. The molecule has 1 aromatic carbocycles. The molecule has 1 rings (SSSR count). The lowest BCUT2D eigenvalue weighted by Crippen LogP contribution is -2.13. The fourth-order valence-electron chi connectivity index (χ4n) is 1.43. The summed E-state index contributed by atoms with van der Waals surface area (Å²) in [5, 5.41) is 0. The van der Waals surface area contributed by atoms with Crippen LogP contribution in [0.5, 0.6) is 0 Å². The van der Waals surface area contributed by atoms with Gasteiger partial charge in [0.05, 0.1) is 17.3 Å². The Balaban J connectivity index is 2.68. The number of aryl methyl sites for hydroxylation is 1. The summed E-state index contributed by atoms with van der Waals surface area (Å²) in [6, 6.07) is 7.03. The monoisotopic (exact) mass is 242 g/mol. The van der Waals surface area contributed by atoms with Crippen molar-refractivity contribution in [2.24, 2.45) is 0 Å². The van der Waals surface area contributed by atoms with Crippen LogP contribution in [0.2, 0.25) is 0 Å². The summed E-state index contributed by atoms with van der Waals surface area (Å²) >= 11 is 0. The van der Waals surface area contributed by atoms with Crippen LogP contribution in [-0.2, 0) is 14.6 Å². The predicted molar refractivity (Wildman–Crippen MR) is 64.3 cm³/mol. The standard InChI is InChI=1S/C12H18O3S/c1-3-8-15-9-10-16(13,14)12-7-5-4-6-11(12)2/h4-7H,3,8-10H2,1-2H3. The van der Waals surface area contributed by atoms with Gasteiger partial charge in [-0.1, -0.05) is 25.1 Å².